The molecular formula is C20H22ClN7O. The molecule has 0 bridgehead atoms. The third-order valence-electron chi connectivity index (χ3n) is 5.04. The highest BCUT2D eigenvalue weighted by molar-refractivity contribution is 6.30. The van der Waals surface area contributed by atoms with Crippen molar-refractivity contribution in [3.05, 3.63) is 58.5 Å². The van der Waals surface area contributed by atoms with Crippen molar-refractivity contribution in [2.45, 2.75) is 33.0 Å². The van der Waals surface area contributed by atoms with E-state index in [0.29, 0.717) is 18.1 Å². The molecule has 3 heterocycles. The number of fused-ring (bicyclic) bond motifs is 1. The largest absolute Gasteiger partial charge is 0.364 e. The fourth-order valence-electron chi connectivity index (χ4n) is 3.29. The van der Waals surface area contributed by atoms with Gasteiger partial charge < -0.3 is 15.5 Å². The van der Waals surface area contributed by atoms with Crippen molar-refractivity contribution in [2.24, 2.45) is 0 Å². The second kappa shape index (κ2) is 7.71. The summed E-state index contributed by atoms with van der Waals surface area (Å²) >= 11 is 6.04. The van der Waals surface area contributed by atoms with Crippen LogP contribution in [0.4, 0.5) is 17.2 Å². The lowest BCUT2D eigenvalue weighted by molar-refractivity contribution is -0.117. The molecule has 0 aliphatic carbocycles. The molecule has 1 atom stereocenters. The van der Waals surface area contributed by atoms with Crippen LogP contribution < -0.4 is 15.5 Å². The summed E-state index contributed by atoms with van der Waals surface area (Å²) in [6, 6.07) is 9.39. The number of hydrogen-bond donors (Lipinski definition) is 2. The van der Waals surface area contributed by atoms with Gasteiger partial charge >= 0.3 is 0 Å². The van der Waals surface area contributed by atoms with Gasteiger partial charge in [-0.15, -0.1) is 5.10 Å². The Morgan fingerprint density at radius 3 is 2.93 bits per heavy atom. The van der Waals surface area contributed by atoms with Gasteiger partial charge in [-0.05, 0) is 31.5 Å². The molecule has 9 heteroatoms. The van der Waals surface area contributed by atoms with Gasteiger partial charge in [0.1, 0.15) is 17.6 Å². The Labute approximate surface area is 173 Å². The van der Waals surface area contributed by atoms with Crippen molar-refractivity contribution in [1.29, 1.82) is 0 Å². The summed E-state index contributed by atoms with van der Waals surface area (Å²) in [5, 5.41) is 15.3. The number of likely N-dealkylation sites (N-methyl/N-ethyl adjacent to an activating group) is 1. The zero-order valence-corrected chi connectivity index (χ0v) is 17.2. The number of rotatable bonds is 5. The predicted molar refractivity (Wildman–Crippen MR) is 113 cm³/mol. The SMILES string of the molecule is Cc1nc(NCc2cn(Cc3cccc(Cl)c3)nn2)cc2c1NC(=O)[C@H](C)N2C. The third-order valence-corrected chi connectivity index (χ3v) is 5.27. The van der Waals surface area contributed by atoms with E-state index in [-0.39, 0.29) is 11.9 Å². The number of carbonyl (C=O) groups is 1. The number of pyridine rings is 1. The number of amides is 1. The van der Waals surface area contributed by atoms with Crippen molar-refractivity contribution in [3.8, 4) is 0 Å². The van der Waals surface area contributed by atoms with Crippen LogP contribution in [0.2, 0.25) is 5.02 Å². The van der Waals surface area contributed by atoms with Crippen LogP contribution >= 0.6 is 11.6 Å². The monoisotopic (exact) mass is 411 g/mol. The molecule has 0 unspecified atom stereocenters. The Bertz CT molecular complexity index is 1060. The molecular weight excluding hydrogens is 390 g/mol. The van der Waals surface area contributed by atoms with Crippen LogP contribution in [0.15, 0.2) is 36.5 Å². The van der Waals surface area contributed by atoms with Gasteiger partial charge in [-0.2, -0.15) is 0 Å². The van der Waals surface area contributed by atoms with Crippen LogP contribution in [0.1, 0.15) is 23.9 Å². The summed E-state index contributed by atoms with van der Waals surface area (Å²) in [4.78, 5) is 18.6. The molecule has 1 amide bonds. The van der Waals surface area contributed by atoms with E-state index >= 15 is 0 Å². The summed E-state index contributed by atoms with van der Waals surface area (Å²) in [7, 11) is 1.91. The van der Waals surface area contributed by atoms with E-state index in [4.69, 9.17) is 11.6 Å². The first kappa shape index (κ1) is 19.2. The Hall–Kier alpha value is -3.13. The van der Waals surface area contributed by atoms with E-state index in [0.717, 1.165) is 34.1 Å². The van der Waals surface area contributed by atoms with Gasteiger partial charge in [0, 0.05) is 18.1 Å². The summed E-state index contributed by atoms with van der Waals surface area (Å²) in [6.07, 6.45) is 1.90. The molecule has 4 rings (SSSR count). The number of nitrogens with zero attached hydrogens (tertiary/aromatic N) is 5. The number of hydrogen-bond acceptors (Lipinski definition) is 6. The first-order valence-corrected chi connectivity index (χ1v) is 9.71. The van der Waals surface area contributed by atoms with Gasteiger partial charge in [-0.25, -0.2) is 9.67 Å². The van der Waals surface area contributed by atoms with E-state index in [1.807, 2.05) is 62.3 Å². The lowest BCUT2D eigenvalue weighted by Gasteiger charge is -2.34. The number of benzene rings is 1. The molecule has 3 aromatic rings. The molecule has 1 aromatic carbocycles. The van der Waals surface area contributed by atoms with Crippen LogP contribution in [0.5, 0.6) is 0 Å². The van der Waals surface area contributed by atoms with Gasteiger partial charge in [0.2, 0.25) is 5.91 Å². The summed E-state index contributed by atoms with van der Waals surface area (Å²) in [5.41, 5.74) is 4.33. The zero-order chi connectivity index (χ0) is 20.5. The molecule has 0 saturated heterocycles. The standard InChI is InChI=1S/C20H22ClN7O/c1-12-19-17(27(3)13(2)20(29)24-19)8-18(23-12)22-9-16-11-28(26-25-16)10-14-5-4-6-15(21)7-14/h4-8,11,13H,9-10H2,1-3H3,(H,22,23)(H,24,29)/t13-/m0/s1. The normalized spacial score (nSPS) is 15.8. The van der Waals surface area contributed by atoms with Gasteiger partial charge in [-0.1, -0.05) is 28.9 Å². The lowest BCUT2D eigenvalue weighted by Crippen LogP contribution is -2.44. The van der Waals surface area contributed by atoms with Crippen molar-refractivity contribution in [1.82, 2.24) is 20.0 Å². The van der Waals surface area contributed by atoms with Crippen molar-refractivity contribution < 1.29 is 4.79 Å². The maximum Gasteiger partial charge on any atom is 0.246 e. The minimum absolute atomic E-state index is 0.0260. The average molecular weight is 412 g/mol. The molecule has 8 nitrogen and oxygen atoms in total. The van der Waals surface area contributed by atoms with Gasteiger partial charge in [0.15, 0.2) is 0 Å². The van der Waals surface area contributed by atoms with E-state index in [1.54, 1.807) is 4.68 Å². The van der Waals surface area contributed by atoms with Crippen molar-refractivity contribution >= 4 is 34.7 Å². The topological polar surface area (TPSA) is 88.0 Å². The lowest BCUT2D eigenvalue weighted by atomic mass is 10.1. The fraction of sp³-hybridized carbons (Fsp3) is 0.300. The molecule has 2 aromatic heterocycles. The van der Waals surface area contributed by atoms with Crippen LogP contribution in [-0.2, 0) is 17.9 Å². The Morgan fingerprint density at radius 1 is 1.31 bits per heavy atom. The molecule has 29 heavy (non-hydrogen) atoms. The highest BCUT2D eigenvalue weighted by Gasteiger charge is 2.28. The first-order chi connectivity index (χ1) is 13.9. The number of anilines is 3. The van der Waals surface area contributed by atoms with Gasteiger partial charge in [0.05, 0.1) is 36.4 Å². The first-order valence-electron chi connectivity index (χ1n) is 9.33. The highest BCUT2D eigenvalue weighted by atomic mass is 35.5. The van der Waals surface area contributed by atoms with Gasteiger partial charge in [0.25, 0.3) is 0 Å². The fourth-order valence-corrected chi connectivity index (χ4v) is 3.50. The molecule has 0 radical (unpaired) electrons. The quantitative estimate of drug-likeness (QED) is 0.670. The maximum atomic E-state index is 12.0. The minimum atomic E-state index is -0.233. The highest BCUT2D eigenvalue weighted by Crippen LogP contribution is 2.34. The van der Waals surface area contributed by atoms with Crippen LogP contribution in [0.25, 0.3) is 0 Å². The number of halogens is 1. The van der Waals surface area contributed by atoms with E-state index in [9.17, 15) is 4.79 Å². The summed E-state index contributed by atoms with van der Waals surface area (Å²) < 4.78 is 1.78. The summed E-state index contributed by atoms with van der Waals surface area (Å²) in [5.74, 6) is 0.697. The van der Waals surface area contributed by atoms with Crippen LogP contribution in [0.3, 0.4) is 0 Å². The molecule has 1 aliphatic rings. The number of aromatic nitrogens is 4. The predicted octanol–water partition coefficient (Wildman–Crippen LogP) is 3.07. The van der Waals surface area contributed by atoms with Crippen LogP contribution in [0, 0.1) is 6.92 Å². The van der Waals surface area contributed by atoms with Crippen molar-refractivity contribution in [2.75, 3.05) is 22.6 Å². The van der Waals surface area contributed by atoms with E-state index < -0.39 is 0 Å². The molecule has 0 fully saturated rings. The molecule has 1 aliphatic heterocycles. The molecule has 150 valence electrons. The van der Waals surface area contributed by atoms with Crippen LogP contribution in [-0.4, -0.2) is 39.0 Å². The maximum absolute atomic E-state index is 12.0. The third kappa shape index (κ3) is 4.02. The minimum Gasteiger partial charge on any atom is -0.364 e. The zero-order valence-electron chi connectivity index (χ0n) is 16.5. The average Bonchev–Trinajstić information content (AvgIpc) is 3.13. The Kier molecular flexibility index (Phi) is 5.10. The number of carbonyl (C=O) groups excluding carboxylic acids is 1. The van der Waals surface area contributed by atoms with Gasteiger partial charge in [-0.3, -0.25) is 4.79 Å². The Morgan fingerprint density at radius 2 is 2.14 bits per heavy atom. The summed E-state index contributed by atoms with van der Waals surface area (Å²) in [6.45, 7) is 4.85. The van der Waals surface area contributed by atoms with E-state index in [1.165, 1.54) is 0 Å². The molecule has 0 spiro atoms. The molecule has 2 N–H and O–H groups in total. The number of nitrogens with one attached hydrogen (secondary N) is 2. The second-order valence-electron chi connectivity index (χ2n) is 7.15. The Balaban J connectivity index is 1.45. The number of aryl methyl sites for hydroxylation is 1. The van der Waals surface area contributed by atoms with E-state index in [2.05, 4.69) is 25.9 Å². The van der Waals surface area contributed by atoms with Crippen molar-refractivity contribution in [3.63, 3.8) is 0 Å². The smallest absolute Gasteiger partial charge is 0.246 e. The second-order valence-corrected chi connectivity index (χ2v) is 7.59. The molecule has 0 saturated carbocycles.